The third-order valence-electron chi connectivity index (χ3n) is 1.48. The first-order chi connectivity index (χ1) is 5.27. The molecule has 1 atom stereocenters. The van der Waals surface area contributed by atoms with Crippen LogP contribution in [-0.4, -0.2) is 29.9 Å². The smallest absolute Gasteiger partial charge is 0.331 e. The molecule has 11 heavy (non-hydrogen) atoms. The predicted molar refractivity (Wildman–Crippen MR) is 46.0 cm³/mol. The summed E-state index contributed by atoms with van der Waals surface area (Å²) in [5.41, 5.74) is 0. The highest BCUT2D eigenvalue weighted by Crippen LogP contribution is 2.20. The van der Waals surface area contributed by atoms with Gasteiger partial charge >= 0.3 is 5.97 Å². The summed E-state index contributed by atoms with van der Waals surface area (Å²) in [5, 5.41) is 1.06. The molecule has 4 heteroatoms. The molecule has 62 valence electrons. The fourth-order valence-corrected chi connectivity index (χ4v) is 1.84. The number of nitrogens with zero attached hydrogens (tertiary/aromatic N) is 1. The Kier molecular flexibility index (Phi) is 2.93. The summed E-state index contributed by atoms with van der Waals surface area (Å²) in [4.78, 5) is 15.1. The van der Waals surface area contributed by atoms with E-state index in [1.807, 2.05) is 6.92 Å². The zero-order valence-electron chi connectivity index (χ0n) is 6.66. The van der Waals surface area contributed by atoms with Gasteiger partial charge in [-0.25, -0.2) is 4.79 Å². The molecule has 1 rings (SSSR count). The molecule has 0 unspecified atom stereocenters. The number of methoxy groups -OCH3 is 1. The standard InChI is InChI=1S/C7H11NO2S/c1-3-6-8-5(4-11-6)7(9)10-2/h5H,3-4H2,1-2H3/t5-/m0/s1. The van der Waals surface area contributed by atoms with Gasteiger partial charge in [0.15, 0.2) is 6.04 Å². The van der Waals surface area contributed by atoms with Crippen LogP contribution in [0, 0.1) is 0 Å². The van der Waals surface area contributed by atoms with Gasteiger partial charge in [-0.1, -0.05) is 6.92 Å². The zero-order chi connectivity index (χ0) is 8.27. The topological polar surface area (TPSA) is 38.7 Å². The molecule has 1 aliphatic rings. The molecule has 0 saturated heterocycles. The fraction of sp³-hybridized carbons (Fsp3) is 0.714. The summed E-state index contributed by atoms with van der Waals surface area (Å²) >= 11 is 1.64. The van der Waals surface area contributed by atoms with Crippen molar-refractivity contribution in [2.24, 2.45) is 4.99 Å². The van der Waals surface area contributed by atoms with Crippen LogP contribution < -0.4 is 0 Å². The molecule has 0 aliphatic carbocycles. The number of aliphatic imine (C=N–C) groups is 1. The number of rotatable bonds is 2. The van der Waals surface area contributed by atoms with Gasteiger partial charge in [0, 0.05) is 5.75 Å². The van der Waals surface area contributed by atoms with Gasteiger partial charge in [0.2, 0.25) is 0 Å². The molecule has 0 aromatic rings. The molecular weight excluding hydrogens is 162 g/mol. The lowest BCUT2D eigenvalue weighted by Crippen LogP contribution is -2.19. The number of hydrogen-bond acceptors (Lipinski definition) is 4. The number of hydrogen-bond donors (Lipinski definition) is 0. The first kappa shape index (κ1) is 8.59. The Morgan fingerprint density at radius 3 is 3.09 bits per heavy atom. The van der Waals surface area contributed by atoms with Gasteiger partial charge in [-0.05, 0) is 6.42 Å². The van der Waals surface area contributed by atoms with E-state index in [9.17, 15) is 4.79 Å². The molecule has 0 radical (unpaired) electrons. The lowest BCUT2D eigenvalue weighted by Gasteiger charge is -2.00. The number of carbonyl (C=O) groups is 1. The van der Waals surface area contributed by atoms with Gasteiger partial charge in [0.1, 0.15) is 0 Å². The third-order valence-corrected chi connectivity index (χ3v) is 2.69. The molecule has 0 saturated carbocycles. The average Bonchev–Trinajstić information content (AvgIpc) is 2.50. The van der Waals surface area contributed by atoms with Crippen LogP contribution in [0.25, 0.3) is 0 Å². The van der Waals surface area contributed by atoms with E-state index < -0.39 is 0 Å². The molecule has 0 aromatic carbocycles. The maximum Gasteiger partial charge on any atom is 0.331 e. The monoisotopic (exact) mass is 173 g/mol. The van der Waals surface area contributed by atoms with Crippen LogP contribution in [0.5, 0.6) is 0 Å². The molecule has 0 aromatic heterocycles. The Hall–Kier alpha value is -0.510. The van der Waals surface area contributed by atoms with Crippen molar-refractivity contribution in [1.29, 1.82) is 0 Å². The van der Waals surface area contributed by atoms with Crippen LogP contribution in [-0.2, 0) is 9.53 Å². The second-order valence-corrected chi connectivity index (χ2v) is 3.32. The second kappa shape index (κ2) is 3.76. The van der Waals surface area contributed by atoms with Crippen molar-refractivity contribution < 1.29 is 9.53 Å². The summed E-state index contributed by atoms with van der Waals surface area (Å²) in [6.07, 6.45) is 0.915. The lowest BCUT2D eigenvalue weighted by molar-refractivity contribution is -0.141. The highest BCUT2D eigenvalue weighted by molar-refractivity contribution is 8.14. The van der Waals surface area contributed by atoms with Gasteiger partial charge in [-0.15, -0.1) is 11.8 Å². The minimum absolute atomic E-state index is 0.221. The van der Waals surface area contributed by atoms with E-state index in [0.717, 1.165) is 17.2 Å². The SMILES string of the molecule is CCC1=N[C@H](C(=O)OC)CS1. The minimum atomic E-state index is -0.250. The predicted octanol–water partition coefficient (Wildman–Crippen LogP) is 1.08. The number of ether oxygens (including phenoxy) is 1. The van der Waals surface area contributed by atoms with E-state index >= 15 is 0 Å². The van der Waals surface area contributed by atoms with Crippen LogP contribution in [0.15, 0.2) is 4.99 Å². The average molecular weight is 173 g/mol. The lowest BCUT2D eigenvalue weighted by atomic mass is 10.3. The Morgan fingerprint density at radius 1 is 1.91 bits per heavy atom. The molecular formula is C7H11NO2S. The van der Waals surface area contributed by atoms with Gasteiger partial charge in [0.25, 0.3) is 0 Å². The molecule has 0 fully saturated rings. The summed E-state index contributed by atoms with van der Waals surface area (Å²) in [6.45, 7) is 2.03. The van der Waals surface area contributed by atoms with E-state index in [4.69, 9.17) is 0 Å². The first-order valence-electron chi connectivity index (χ1n) is 3.55. The van der Waals surface area contributed by atoms with Crippen LogP contribution in [0.2, 0.25) is 0 Å². The van der Waals surface area contributed by atoms with E-state index in [1.54, 1.807) is 11.8 Å². The van der Waals surface area contributed by atoms with Gasteiger partial charge < -0.3 is 4.74 Å². The molecule has 0 bridgehead atoms. The van der Waals surface area contributed by atoms with Crippen molar-refractivity contribution in [3.63, 3.8) is 0 Å². The number of esters is 1. The van der Waals surface area contributed by atoms with Gasteiger partial charge in [-0.2, -0.15) is 0 Å². The normalized spacial score (nSPS) is 23.1. The second-order valence-electron chi connectivity index (χ2n) is 2.23. The Labute approximate surface area is 70.2 Å². The summed E-state index contributed by atoms with van der Waals surface area (Å²) in [5.74, 6) is 0.525. The zero-order valence-corrected chi connectivity index (χ0v) is 7.48. The van der Waals surface area contributed by atoms with Crippen LogP contribution >= 0.6 is 11.8 Å². The molecule has 0 N–H and O–H groups in total. The van der Waals surface area contributed by atoms with E-state index in [0.29, 0.717) is 0 Å². The fourth-order valence-electron chi connectivity index (χ4n) is 0.874. The van der Waals surface area contributed by atoms with Crippen molar-refractivity contribution >= 4 is 22.8 Å². The minimum Gasteiger partial charge on any atom is -0.467 e. The quantitative estimate of drug-likeness (QED) is 0.586. The maximum absolute atomic E-state index is 10.9. The summed E-state index contributed by atoms with van der Waals surface area (Å²) in [7, 11) is 1.40. The van der Waals surface area contributed by atoms with E-state index in [-0.39, 0.29) is 12.0 Å². The van der Waals surface area contributed by atoms with Crippen molar-refractivity contribution in [2.45, 2.75) is 19.4 Å². The van der Waals surface area contributed by atoms with Crippen LogP contribution in [0.1, 0.15) is 13.3 Å². The first-order valence-corrected chi connectivity index (χ1v) is 4.53. The van der Waals surface area contributed by atoms with Crippen LogP contribution in [0.4, 0.5) is 0 Å². The van der Waals surface area contributed by atoms with E-state index in [1.165, 1.54) is 7.11 Å². The van der Waals surface area contributed by atoms with Crippen molar-refractivity contribution in [2.75, 3.05) is 12.9 Å². The van der Waals surface area contributed by atoms with E-state index in [2.05, 4.69) is 9.73 Å². The Balaban J connectivity index is 2.52. The van der Waals surface area contributed by atoms with Crippen molar-refractivity contribution in [3.8, 4) is 0 Å². The molecule has 0 amide bonds. The van der Waals surface area contributed by atoms with Crippen molar-refractivity contribution in [1.82, 2.24) is 0 Å². The maximum atomic E-state index is 10.9. The highest BCUT2D eigenvalue weighted by atomic mass is 32.2. The van der Waals surface area contributed by atoms with Crippen LogP contribution in [0.3, 0.4) is 0 Å². The van der Waals surface area contributed by atoms with Gasteiger partial charge in [-0.3, -0.25) is 4.99 Å². The molecule has 1 aliphatic heterocycles. The molecule has 0 spiro atoms. The third kappa shape index (κ3) is 1.96. The highest BCUT2D eigenvalue weighted by Gasteiger charge is 2.24. The molecule has 3 nitrogen and oxygen atoms in total. The molecule has 1 heterocycles. The summed E-state index contributed by atoms with van der Waals surface area (Å²) < 4.78 is 4.57. The Morgan fingerprint density at radius 2 is 2.64 bits per heavy atom. The Bertz CT molecular complexity index is 191. The number of thioether (sulfide) groups is 1. The number of carbonyl (C=O) groups excluding carboxylic acids is 1. The largest absolute Gasteiger partial charge is 0.467 e. The van der Waals surface area contributed by atoms with Gasteiger partial charge in [0.05, 0.1) is 12.2 Å². The summed E-state index contributed by atoms with van der Waals surface area (Å²) in [6, 6.07) is -0.250. The van der Waals surface area contributed by atoms with Crippen molar-refractivity contribution in [3.05, 3.63) is 0 Å².